The monoisotopic (exact) mass is 348 g/mol. The van der Waals surface area contributed by atoms with E-state index in [9.17, 15) is 4.79 Å². The zero-order chi connectivity index (χ0) is 17.1. The van der Waals surface area contributed by atoms with E-state index in [0.717, 1.165) is 0 Å². The lowest BCUT2D eigenvalue weighted by molar-refractivity contribution is 0.0481. The van der Waals surface area contributed by atoms with Gasteiger partial charge in [-0.1, -0.05) is 18.2 Å². The Morgan fingerprint density at radius 2 is 1.71 bits per heavy atom. The maximum Gasteiger partial charge on any atom is 0.339 e. The number of hydrogen-bond donors (Lipinski definition) is 0. The zero-order valence-corrected chi connectivity index (χ0v) is 14.4. The number of cyclic esters (lactones) is 1. The molecule has 2 aromatic carbocycles. The topological polar surface area (TPSA) is 63.2 Å². The molecule has 0 bridgehead atoms. The number of carbonyl (C=O) groups excluding carboxylic acids is 1. The van der Waals surface area contributed by atoms with Crippen LogP contribution in [0.3, 0.4) is 0 Å². The minimum atomic E-state index is -1.44. The molecular weight excluding hydrogens is 331 g/mol. The molecule has 0 fully saturated rings. The van der Waals surface area contributed by atoms with E-state index in [0.29, 0.717) is 28.4 Å². The number of rotatable bonds is 6. The van der Waals surface area contributed by atoms with Crippen LogP contribution >= 0.6 is 8.38 Å². The highest BCUT2D eigenvalue weighted by atomic mass is 31.2. The van der Waals surface area contributed by atoms with E-state index in [1.54, 1.807) is 12.1 Å². The summed E-state index contributed by atoms with van der Waals surface area (Å²) in [5.74, 6) is 0.507. The average Bonchev–Trinajstić information content (AvgIpc) is 2.94. The van der Waals surface area contributed by atoms with Gasteiger partial charge in [0.2, 0.25) is 14.2 Å². The maximum absolute atomic E-state index is 12.1. The Morgan fingerprint density at radius 3 is 2.33 bits per heavy atom. The smallest absolute Gasteiger partial charge is 0.339 e. The predicted molar refractivity (Wildman–Crippen MR) is 88.6 cm³/mol. The summed E-state index contributed by atoms with van der Waals surface area (Å²) >= 11 is 0. The van der Waals surface area contributed by atoms with Gasteiger partial charge in [0, 0.05) is 14.2 Å². The Kier molecular flexibility index (Phi) is 5.00. The standard InChI is InChI=1S/C17H17O6P/c1-19-15-13(22-11-7-5-4-6-8-11)10-9-12-14(15)17(23-16(12)18)24(20-2)21-3/h4-10,17H,1-3H3. The number of benzene rings is 2. The summed E-state index contributed by atoms with van der Waals surface area (Å²) in [4.78, 5) is 12.1. The van der Waals surface area contributed by atoms with Crippen LogP contribution in [-0.4, -0.2) is 27.3 Å². The average molecular weight is 348 g/mol. The van der Waals surface area contributed by atoms with Crippen LogP contribution in [0.2, 0.25) is 0 Å². The van der Waals surface area contributed by atoms with Gasteiger partial charge in [-0.3, -0.25) is 0 Å². The molecule has 0 N–H and O–H groups in total. The predicted octanol–water partition coefficient (Wildman–Crippen LogP) is 4.26. The van der Waals surface area contributed by atoms with Crippen molar-refractivity contribution in [1.82, 2.24) is 0 Å². The first kappa shape index (κ1) is 16.7. The van der Waals surface area contributed by atoms with Gasteiger partial charge >= 0.3 is 5.97 Å². The number of para-hydroxylation sites is 1. The minimum Gasteiger partial charge on any atom is -0.492 e. The highest BCUT2D eigenvalue weighted by molar-refractivity contribution is 7.47. The Balaban J connectivity index is 2.05. The number of fused-ring (bicyclic) bond motifs is 1. The van der Waals surface area contributed by atoms with Gasteiger partial charge in [-0.25, -0.2) is 4.79 Å². The van der Waals surface area contributed by atoms with Gasteiger partial charge in [0.05, 0.1) is 18.2 Å². The summed E-state index contributed by atoms with van der Waals surface area (Å²) in [5.41, 5.74) is 1.02. The molecule has 2 aromatic rings. The second kappa shape index (κ2) is 7.18. The summed E-state index contributed by atoms with van der Waals surface area (Å²) in [6, 6.07) is 12.7. The lowest BCUT2D eigenvalue weighted by atomic mass is 10.1. The van der Waals surface area contributed by atoms with E-state index in [-0.39, 0.29) is 0 Å². The van der Waals surface area contributed by atoms with Crippen molar-refractivity contribution in [1.29, 1.82) is 0 Å². The molecule has 0 saturated carbocycles. The van der Waals surface area contributed by atoms with Crippen LogP contribution in [-0.2, 0) is 13.8 Å². The van der Waals surface area contributed by atoms with Crippen molar-refractivity contribution in [2.75, 3.05) is 21.3 Å². The van der Waals surface area contributed by atoms with Gasteiger partial charge in [-0.15, -0.1) is 0 Å². The lowest BCUT2D eigenvalue weighted by Gasteiger charge is -2.21. The van der Waals surface area contributed by atoms with Gasteiger partial charge in [0.15, 0.2) is 11.5 Å². The minimum absolute atomic E-state index is 0.429. The Bertz CT molecular complexity index is 729. The molecule has 1 aliphatic rings. The third-order valence-electron chi connectivity index (χ3n) is 3.57. The molecule has 0 spiro atoms. The van der Waals surface area contributed by atoms with Crippen LogP contribution in [0.25, 0.3) is 0 Å². The number of hydrogen-bond acceptors (Lipinski definition) is 6. The lowest BCUT2D eigenvalue weighted by Crippen LogP contribution is -2.02. The van der Waals surface area contributed by atoms with Crippen molar-refractivity contribution >= 4 is 14.3 Å². The first-order valence-corrected chi connectivity index (χ1v) is 8.46. The largest absolute Gasteiger partial charge is 0.492 e. The molecular formula is C17H17O6P. The molecule has 3 rings (SSSR count). The second-order valence-electron chi connectivity index (χ2n) is 4.88. The van der Waals surface area contributed by atoms with E-state index in [4.69, 9.17) is 23.3 Å². The molecule has 126 valence electrons. The van der Waals surface area contributed by atoms with Crippen LogP contribution in [0.1, 0.15) is 21.8 Å². The number of carbonyl (C=O) groups is 1. The molecule has 0 aliphatic carbocycles. The molecule has 0 aromatic heterocycles. The molecule has 24 heavy (non-hydrogen) atoms. The fraction of sp³-hybridized carbons (Fsp3) is 0.235. The van der Waals surface area contributed by atoms with Crippen molar-refractivity contribution in [2.24, 2.45) is 0 Å². The van der Waals surface area contributed by atoms with Crippen LogP contribution in [0.5, 0.6) is 17.2 Å². The summed E-state index contributed by atoms with van der Waals surface area (Å²) in [6.07, 6.45) is 0. The Hall–Kier alpha value is -2.14. The van der Waals surface area contributed by atoms with Crippen LogP contribution in [0.15, 0.2) is 42.5 Å². The van der Waals surface area contributed by atoms with Gasteiger partial charge in [0.25, 0.3) is 0 Å². The Morgan fingerprint density at radius 1 is 1.00 bits per heavy atom. The van der Waals surface area contributed by atoms with E-state index in [1.807, 2.05) is 30.3 Å². The number of ether oxygens (including phenoxy) is 3. The van der Waals surface area contributed by atoms with Crippen LogP contribution in [0.4, 0.5) is 0 Å². The highest BCUT2D eigenvalue weighted by Crippen LogP contribution is 2.59. The van der Waals surface area contributed by atoms with Crippen molar-refractivity contribution < 1.29 is 28.1 Å². The molecule has 1 atom stereocenters. The van der Waals surface area contributed by atoms with Gasteiger partial charge in [-0.2, -0.15) is 0 Å². The van der Waals surface area contributed by atoms with Gasteiger partial charge in [0.1, 0.15) is 5.75 Å². The summed E-state index contributed by atoms with van der Waals surface area (Å²) in [6.45, 7) is 0. The molecule has 7 heteroatoms. The first-order chi connectivity index (χ1) is 11.7. The van der Waals surface area contributed by atoms with Crippen molar-refractivity contribution in [3.8, 4) is 17.2 Å². The molecule has 1 unspecified atom stereocenters. The van der Waals surface area contributed by atoms with Gasteiger partial charge < -0.3 is 23.3 Å². The molecule has 1 heterocycles. The zero-order valence-electron chi connectivity index (χ0n) is 13.5. The van der Waals surface area contributed by atoms with E-state index in [1.165, 1.54) is 21.3 Å². The highest BCUT2D eigenvalue weighted by Gasteiger charge is 2.42. The van der Waals surface area contributed by atoms with E-state index < -0.39 is 20.2 Å². The second-order valence-corrected chi connectivity index (χ2v) is 6.65. The Labute approximate surface area is 141 Å². The van der Waals surface area contributed by atoms with Crippen molar-refractivity contribution in [3.63, 3.8) is 0 Å². The fourth-order valence-corrected chi connectivity index (χ4v) is 3.73. The molecule has 1 aliphatic heterocycles. The third kappa shape index (κ3) is 2.96. The summed E-state index contributed by atoms with van der Waals surface area (Å²) in [7, 11) is 3.10. The first-order valence-electron chi connectivity index (χ1n) is 7.21. The van der Waals surface area contributed by atoms with E-state index in [2.05, 4.69) is 0 Å². The SMILES string of the molecule is COc1c(Oc2ccccc2)ccc2c1C(P(OC)OC)OC2=O. The summed E-state index contributed by atoms with van der Waals surface area (Å²) in [5, 5.41) is 0. The summed E-state index contributed by atoms with van der Waals surface area (Å²) < 4.78 is 27.5. The number of esters is 1. The van der Waals surface area contributed by atoms with Crippen molar-refractivity contribution in [2.45, 2.75) is 5.85 Å². The van der Waals surface area contributed by atoms with Gasteiger partial charge in [-0.05, 0) is 24.3 Å². The molecule has 0 saturated heterocycles. The normalized spacial score (nSPS) is 16.0. The van der Waals surface area contributed by atoms with Crippen LogP contribution in [0, 0.1) is 0 Å². The third-order valence-corrected chi connectivity index (χ3v) is 5.04. The van der Waals surface area contributed by atoms with Crippen LogP contribution < -0.4 is 9.47 Å². The number of methoxy groups -OCH3 is 1. The fourth-order valence-electron chi connectivity index (χ4n) is 2.55. The molecule has 6 nitrogen and oxygen atoms in total. The quantitative estimate of drug-likeness (QED) is 0.574. The molecule has 0 radical (unpaired) electrons. The van der Waals surface area contributed by atoms with Crippen molar-refractivity contribution in [3.05, 3.63) is 53.6 Å². The van der Waals surface area contributed by atoms with E-state index >= 15 is 0 Å². The molecule has 0 amide bonds. The maximum atomic E-state index is 12.1.